The Kier molecular flexibility index (Phi) is 5.23. The molecule has 0 spiro atoms. The van der Waals surface area contributed by atoms with Crippen molar-refractivity contribution in [2.75, 3.05) is 20.2 Å². The van der Waals surface area contributed by atoms with E-state index in [0.29, 0.717) is 6.04 Å². The van der Waals surface area contributed by atoms with Crippen LogP contribution in [-0.2, 0) is 13.1 Å². The molecule has 1 aromatic carbocycles. The Hall–Kier alpha value is -1.06. The molecule has 106 valence electrons. The summed E-state index contributed by atoms with van der Waals surface area (Å²) < 4.78 is 5.49. The fourth-order valence-corrected chi connectivity index (χ4v) is 2.57. The molecule has 0 saturated carbocycles. The number of nitrogens with zero attached hydrogens (tertiary/aromatic N) is 1. The lowest BCUT2D eigenvalue weighted by molar-refractivity contribution is 0.320. The van der Waals surface area contributed by atoms with Crippen LogP contribution in [0.2, 0.25) is 0 Å². The first kappa shape index (κ1) is 14.4. The molecule has 1 aliphatic rings. The fraction of sp³-hybridized carbons (Fsp3) is 0.625. The first-order valence-electron chi connectivity index (χ1n) is 7.30. The van der Waals surface area contributed by atoms with Crippen molar-refractivity contribution in [3.63, 3.8) is 0 Å². The molecule has 0 aromatic heterocycles. The summed E-state index contributed by atoms with van der Waals surface area (Å²) in [7, 11) is 1.76. The molecular weight excluding hydrogens is 236 g/mol. The van der Waals surface area contributed by atoms with Gasteiger partial charge in [-0.3, -0.25) is 4.90 Å². The van der Waals surface area contributed by atoms with Gasteiger partial charge in [-0.15, -0.1) is 0 Å². The van der Waals surface area contributed by atoms with Crippen LogP contribution < -0.4 is 10.1 Å². The summed E-state index contributed by atoms with van der Waals surface area (Å²) in [6.07, 6.45) is 2.66. The Labute approximate surface area is 116 Å². The van der Waals surface area contributed by atoms with Gasteiger partial charge in [0.25, 0.3) is 0 Å². The highest BCUT2D eigenvalue weighted by Crippen LogP contribution is 2.23. The van der Waals surface area contributed by atoms with Crippen molar-refractivity contribution < 1.29 is 4.74 Å². The Bertz CT molecular complexity index is 398. The van der Waals surface area contributed by atoms with Gasteiger partial charge in [-0.2, -0.15) is 0 Å². The average Bonchev–Trinajstić information content (AvgIpc) is 2.89. The van der Waals surface area contributed by atoms with Crippen LogP contribution in [0.3, 0.4) is 0 Å². The molecule has 1 aliphatic heterocycles. The number of hydrogen-bond acceptors (Lipinski definition) is 3. The number of nitrogens with one attached hydrogen (secondary N) is 1. The van der Waals surface area contributed by atoms with Gasteiger partial charge < -0.3 is 10.1 Å². The molecule has 0 amide bonds. The molecule has 3 nitrogen and oxygen atoms in total. The van der Waals surface area contributed by atoms with E-state index in [4.69, 9.17) is 4.74 Å². The molecule has 19 heavy (non-hydrogen) atoms. The van der Waals surface area contributed by atoms with Gasteiger partial charge in [-0.1, -0.05) is 19.9 Å². The summed E-state index contributed by atoms with van der Waals surface area (Å²) in [6, 6.07) is 7.06. The van der Waals surface area contributed by atoms with Crippen LogP contribution in [0.25, 0.3) is 0 Å². The van der Waals surface area contributed by atoms with Crippen molar-refractivity contribution in [1.82, 2.24) is 10.2 Å². The van der Waals surface area contributed by atoms with Crippen molar-refractivity contribution in [3.05, 3.63) is 29.3 Å². The van der Waals surface area contributed by atoms with Gasteiger partial charge in [-0.05, 0) is 43.6 Å². The van der Waals surface area contributed by atoms with Crippen molar-refractivity contribution in [1.29, 1.82) is 0 Å². The molecule has 0 unspecified atom stereocenters. The Morgan fingerprint density at radius 3 is 2.63 bits per heavy atom. The molecule has 0 atom stereocenters. The third-order valence-electron chi connectivity index (χ3n) is 3.65. The topological polar surface area (TPSA) is 24.5 Å². The molecule has 2 rings (SSSR count). The molecule has 1 saturated heterocycles. The number of benzene rings is 1. The normalized spacial score (nSPS) is 16.2. The molecule has 1 aromatic rings. The lowest BCUT2D eigenvalue weighted by Gasteiger charge is -2.18. The predicted molar refractivity (Wildman–Crippen MR) is 79.5 cm³/mol. The van der Waals surface area contributed by atoms with Crippen molar-refractivity contribution >= 4 is 0 Å². The molecule has 1 heterocycles. The monoisotopic (exact) mass is 262 g/mol. The number of methoxy groups -OCH3 is 1. The van der Waals surface area contributed by atoms with Crippen LogP contribution in [0.4, 0.5) is 0 Å². The maximum absolute atomic E-state index is 5.49. The number of rotatable bonds is 6. The molecule has 1 N–H and O–H groups in total. The maximum Gasteiger partial charge on any atom is 0.123 e. The summed E-state index contributed by atoms with van der Waals surface area (Å²) in [5.41, 5.74) is 2.65. The van der Waals surface area contributed by atoms with E-state index in [1.54, 1.807) is 7.11 Å². The second-order valence-corrected chi connectivity index (χ2v) is 5.67. The zero-order valence-electron chi connectivity index (χ0n) is 12.4. The van der Waals surface area contributed by atoms with Gasteiger partial charge in [0, 0.05) is 24.7 Å². The van der Waals surface area contributed by atoms with Crippen LogP contribution in [0, 0.1) is 0 Å². The number of ether oxygens (including phenoxy) is 1. The van der Waals surface area contributed by atoms with E-state index >= 15 is 0 Å². The Balaban J connectivity index is 2.06. The lowest BCUT2D eigenvalue weighted by atomic mass is 10.1. The molecule has 3 heteroatoms. The van der Waals surface area contributed by atoms with E-state index in [0.717, 1.165) is 18.8 Å². The minimum absolute atomic E-state index is 0.518. The summed E-state index contributed by atoms with van der Waals surface area (Å²) >= 11 is 0. The second-order valence-electron chi connectivity index (χ2n) is 5.67. The average molecular weight is 262 g/mol. The van der Waals surface area contributed by atoms with Gasteiger partial charge in [0.2, 0.25) is 0 Å². The van der Waals surface area contributed by atoms with Crippen LogP contribution in [0.15, 0.2) is 18.2 Å². The third kappa shape index (κ3) is 4.22. The van der Waals surface area contributed by atoms with Gasteiger partial charge in [0.05, 0.1) is 7.11 Å². The van der Waals surface area contributed by atoms with Gasteiger partial charge in [0.15, 0.2) is 0 Å². The highest BCUT2D eigenvalue weighted by atomic mass is 16.5. The highest BCUT2D eigenvalue weighted by molar-refractivity contribution is 5.37. The molecule has 1 fully saturated rings. The van der Waals surface area contributed by atoms with E-state index in [1.165, 1.54) is 37.1 Å². The number of hydrogen-bond donors (Lipinski definition) is 1. The highest BCUT2D eigenvalue weighted by Gasteiger charge is 2.14. The Morgan fingerprint density at radius 2 is 2.00 bits per heavy atom. The summed E-state index contributed by atoms with van der Waals surface area (Å²) in [5, 5.41) is 3.47. The van der Waals surface area contributed by atoms with E-state index in [2.05, 4.69) is 42.3 Å². The molecule has 0 aliphatic carbocycles. The predicted octanol–water partition coefficient (Wildman–Crippen LogP) is 2.79. The van der Waals surface area contributed by atoms with Crippen LogP contribution >= 0.6 is 0 Å². The van der Waals surface area contributed by atoms with Crippen LogP contribution in [0.1, 0.15) is 37.8 Å². The van der Waals surface area contributed by atoms with Gasteiger partial charge in [-0.25, -0.2) is 0 Å². The SMILES string of the molecule is COc1ccc(CNC(C)C)cc1CN1CCCC1. The number of likely N-dealkylation sites (tertiary alicyclic amines) is 1. The van der Waals surface area contributed by atoms with E-state index < -0.39 is 0 Å². The minimum Gasteiger partial charge on any atom is -0.496 e. The molecule has 0 bridgehead atoms. The third-order valence-corrected chi connectivity index (χ3v) is 3.65. The van der Waals surface area contributed by atoms with Crippen LogP contribution in [-0.4, -0.2) is 31.1 Å². The molecular formula is C16H26N2O. The quantitative estimate of drug-likeness (QED) is 0.853. The fourth-order valence-electron chi connectivity index (χ4n) is 2.57. The van der Waals surface area contributed by atoms with E-state index in [9.17, 15) is 0 Å². The summed E-state index contributed by atoms with van der Waals surface area (Å²) in [4.78, 5) is 2.51. The van der Waals surface area contributed by atoms with Gasteiger partial charge >= 0.3 is 0 Å². The summed E-state index contributed by atoms with van der Waals surface area (Å²) in [6.45, 7) is 8.73. The first-order chi connectivity index (χ1) is 9.19. The van der Waals surface area contributed by atoms with Crippen molar-refractivity contribution in [2.45, 2.75) is 45.8 Å². The first-order valence-corrected chi connectivity index (χ1v) is 7.30. The van der Waals surface area contributed by atoms with Crippen molar-refractivity contribution in [3.8, 4) is 5.75 Å². The van der Waals surface area contributed by atoms with Crippen molar-refractivity contribution in [2.24, 2.45) is 0 Å². The van der Waals surface area contributed by atoms with E-state index in [-0.39, 0.29) is 0 Å². The van der Waals surface area contributed by atoms with Crippen LogP contribution in [0.5, 0.6) is 5.75 Å². The van der Waals surface area contributed by atoms with Gasteiger partial charge in [0.1, 0.15) is 5.75 Å². The standard InChI is InChI=1S/C16H26N2O/c1-13(2)17-11-14-6-7-16(19-3)15(10-14)12-18-8-4-5-9-18/h6-7,10,13,17H,4-5,8-9,11-12H2,1-3H3. The largest absolute Gasteiger partial charge is 0.496 e. The smallest absolute Gasteiger partial charge is 0.123 e. The zero-order chi connectivity index (χ0) is 13.7. The lowest BCUT2D eigenvalue weighted by Crippen LogP contribution is -2.22. The maximum atomic E-state index is 5.49. The molecule has 0 radical (unpaired) electrons. The zero-order valence-corrected chi connectivity index (χ0v) is 12.4. The Morgan fingerprint density at radius 1 is 1.26 bits per heavy atom. The second kappa shape index (κ2) is 6.92. The minimum atomic E-state index is 0.518. The van der Waals surface area contributed by atoms with E-state index in [1.807, 2.05) is 0 Å². The summed E-state index contributed by atoms with van der Waals surface area (Å²) in [5.74, 6) is 1.01.